The number of rotatable bonds is 4. The molecule has 2 aromatic rings. The number of hydrogen-bond donors (Lipinski definition) is 1. The highest BCUT2D eigenvalue weighted by Crippen LogP contribution is 2.29. The maximum absolute atomic E-state index is 13.1. The summed E-state index contributed by atoms with van der Waals surface area (Å²) in [5, 5.41) is 3.24. The fourth-order valence-electron chi connectivity index (χ4n) is 2.95. The van der Waals surface area contributed by atoms with Crippen molar-refractivity contribution in [2.75, 3.05) is 25.5 Å². The minimum Gasteiger partial charge on any atom is -0.366 e. The predicted molar refractivity (Wildman–Crippen MR) is 102 cm³/mol. The van der Waals surface area contributed by atoms with E-state index in [0.29, 0.717) is 11.4 Å². The van der Waals surface area contributed by atoms with Crippen molar-refractivity contribution in [3.63, 3.8) is 0 Å². The van der Waals surface area contributed by atoms with Crippen LogP contribution in [0.3, 0.4) is 0 Å². The van der Waals surface area contributed by atoms with E-state index < -0.39 is 17.7 Å². The summed E-state index contributed by atoms with van der Waals surface area (Å²) in [6.45, 7) is 5.83. The third kappa shape index (κ3) is 6.15. The Labute approximate surface area is 163 Å². The Balaban J connectivity index is 0.00000136. The average Bonchev–Trinajstić information content (AvgIpc) is 2.67. The number of halogens is 4. The van der Waals surface area contributed by atoms with Crippen LogP contribution in [0.2, 0.25) is 0 Å². The molecule has 0 saturated carbocycles. The molecular formula is C20H26F4N4. The second kappa shape index (κ2) is 9.82. The molecule has 28 heavy (non-hydrogen) atoms. The zero-order chi connectivity index (χ0) is 20.7. The van der Waals surface area contributed by atoms with Gasteiger partial charge in [0.15, 0.2) is 5.69 Å². The Morgan fingerprint density at radius 3 is 2.29 bits per heavy atom. The molecule has 1 saturated heterocycles. The molecule has 0 atom stereocenters. The molecule has 8 heteroatoms. The smallest absolute Gasteiger partial charge is 0.366 e. The van der Waals surface area contributed by atoms with E-state index in [1.807, 2.05) is 20.9 Å². The highest BCUT2D eigenvalue weighted by Gasteiger charge is 2.34. The molecule has 1 aromatic carbocycles. The summed E-state index contributed by atoms with van der Waals surface area (Å²) in [5.74, 6) is -0.0366. The molecule has 0 unspecified atom stereocenters. The van der Waals surface area contributed by atoms with Gasteiger partial charge in [0.2, 0.25) is 0 Å². The standard InChI is InChI=1S/C18H20F4N4.C2H6/c1-26-8-6-14(7-9-26)24-17-15(10-12-2-4-13(19)5-3-12)25-16(11-23-17)18(20,21)22;1-2/h2-5,11,14H,6-10H2,1H3,(H,23,24);1-2H3. The van der Waals surface area contributed by atoms with E-state index in [-0.39, 0.29) is 18.2 Å². The summed E-state index contributed by atoms with van der Waals surface area (Å²) in [6.07, 6.45) is -1.89. The topological polar surface area (TPSA) is 41.0 Å². The van der Waals surface area contributed by atoms with E-state index in [9.17, 15) is 17.6 Å². The van der Waals surface area contributed by atoms with E-state index in [1.54, 1.807) is 0 Å². The lowest BCUT2D eigenvalue weighted by Gasteiger charge is -2.30. The Morgan fingerprint density at radius 2 is 1.71 bits per heavy atom. The third-order valence-electron chi connectivity index (χ3n) is 4.48. The van der Waals surface area contributed by atoms with E-state index in [0.717, 1.165) is 32.1 Å². The maximum atomic E-state index is 13.1. The maximum Gasteiger partial charge on any atom is 0.434 e. The summed E-state index contributed by atoms with van der Waals surface area (Å²) >= 11 is 0. The van der Waals surface area contributed by atoms with Gasteiger partial charge in [-0.05, 0) is 50.7 Å². The minimum atomic E-state index is -4.56. The average molecular weight is 398 g/mol. The van der Waals surface area contributed by atoms with Crippen molar-refractivity contribution in [1.29, 1.82) is 0 Å². The van der Waals surface area contributed by atoms with Gasteiger partial charge in [-0.3, -0.25) is 0 Å². The molecule has 0 radical (unpaired) electrons. The van der Waals surface area contributed by atoms with E-state index in [4.69, 9.17) is 0 Å². The third-order valence-corrected chi connectivity index (χ3v) is 4.48. The molecule has 2 heterocycles. The molecule has 1 fully saturated rings. The van der Waals surface area contributed by atoms with Crippen molar-refractivity contribution in [2.24, 2.45) is 0 Å². The number of alkyl halides is 3. The highest BCUT2D eigenvalue weighted by atomic mass is 19.4. The number of likely N-dealkylation sites (tertiary alicyclic amines) is 1. The molecule has 1 N–H and O–H groups in total. The van der Waals surface area contributed by atoms with Gasteiger partial charge in [0.1, 0.15) is 11.6 Å². The van der Waals surface area contributed by atoms with E-state index in [1.165, 1.54) is 24.3 Å². The van der Waals surface area contributed by atoms with E-state index in [2.05, 4.69) is 20.2 Å². The lowest BCUT2D eigenvalue weighted by molar-refractivity contribution is -0.141. The first-order valence-electron chi connectivity index (χ1n) is 9.44. The number of piperidine rings is 1. The SMILES string of the molecule is CC.CN1CCC(Nc2ncc(C(F)(F)F)nc2Cc2ccc(F)cc2)CC1. The zero-order valence-corrected chi connectivity index (χ0v) is 16.4. The van der Waals surface area contributed by atoms with Crippen molar-refractivity contribution in [1.82, 2.24) is 14.9 Å². The number of benzene rings is 1. The summed E-state index contributed by atoms with van der Waals surface area (Å²) in [7, 11) is 2.04. The Bertz CT molecular complexity index is 739. The fourth-order valence-corrected chi connectivity index (χ4v) is 2.95. The van der Waals surface area contributed by atoms with Crippen molar-refractivity contribution < 1.29 is 17.6 Å². The molecule has 0 bridgehead atoms. The second-order valence-electron chi connectivity index (χ2n) is 6.57. The Kier molecular flexibility index (Phi) is 7.74. The van der Waals surface area contributed by atoms with Gasteiger partial charge in [0, 0.05) is 12.5 Å². The lowest BCUT2D eigenvalue weighted by Crippen LogP contribution is -2.37. The predicted octanol–water partition coefficient (Wildman–Crippen LogP) is 4.76. The van der Waals surface area contributed by atoms with Crippen molar-refractivity contribution >= 4 is 5.82 Å². The molecular weight excluding hydrogens is 372 g/mol. The molecule has 0 aliphatic carbocycles. The number of nitrogens with zero attached hydrogens (tertiary/aromatic N) is 3. The quantitative estimate of drug-likeness (QED) is 0.754. The van der Waals surface area contributed by atoms with Crippen LogP contribution in [0.1, 0.15) is 43.6 Å². The first-order valence-corrected chi connectivity index (χ1v) is 9.44. The largest absolute Gasteiger partial charge is 0.434 e. The normalized spacial score (nSPS) is 15.7. The van der Waals surface area contributed by atoms with Gasteiger partial charge in [-0.2, -0.15) is 13.2 Å². The van der Waals surface area contributed by atoms with Gasteiger partial charge in [0.25, 0.3) is 0 Å². The van der Waals surface area contributed by atoms with Crippen molar-refractivity contribution in [3.05, 3.63) is 53.2 Å². The Morgan fingerprint density at radius 1 is 1.11 bits per heavy atom. The van der Waals surface area contributed by atoms with Crippen LogP contribution < -0.4 is 5.32 Å². The Hall–Kier alpha value is -2.22. The molecule has 0 amide bonds. The van der Waals surface area contributed by atoms with Crippen LogP contribution in [0.15, 0.2) is 30.5 Å². The van der Waals surface area contributed by atoms with Gasteiger partial charge in [-0.15, -0.1) is 0 Å². The highest BCUT2D eigenvalue weighted by molar-refractivity contribution is 5.44. The number of aromatic nitrogens is 2. The van der Waals surface area contributed by atoms with Gasteiger partial charge >= 0.3 is 6.18 Å². The zero-order valence-electron chi connectivity index (χ0n) is 16.4. The van der Waals surface area contributed by atoms with Crippen LogP contribution in [-0.4, -0.2) is 41.0 Å². The van der Waals surface area contributed by atoms with Crippen LogP contribution in [0, 0.1) is 5.82 Å². The van der Waals surface area contributed by atoms with Gasteiger partial charge in [-0.25, -0.2) is 14.4 Å². The van der Waals surface area contributed by atoms with Gasteiger partial charge in [-0.1, -0.05) is 26.0 Å². The number of hydrogen-bond acceptors (Lipinski definition) is 4. The number of anilines is 1. The number of nitrogens with one attached hydrogen (secondary N) is 1. The van der Waals surface area contributed by atoms with Crippen LogP contribution in [-0.2, 0) is 12.6 Å². The van der Waals surface area contributed by atoms with Crippen molar-refractivity contribution in [2.45, 2.75) is 45.3 Å². The summed E-state index contributed by atoms with van der Waals surface area (Å²) in [6, 6.07) is 5.78. The van der Waals surface area contributed by atoms with Crippen LogP contribution in [0.4, 0.5) is 23.4 Å². The molecule has 0 spiro atoms. The van der Waals surface area contributed by atoms with Crippen LogP contribution in [0.5, 0.6) is 0 Å². The summed E-state index contributed by atoms with van der Waals surface area (Å²) < 4.78 is 52.1. The van der Waals surface area contributed by atoms with Crippen LogP contribution >= 0.6 is 0 Å². The molecule has 3 rings (SSSR count). The lowest BCUT2D eigenvalue weighted by atomic mass is 10.0. The summed E-state index contributed by atoms with van der Waals surface area (Å²) in [4.78, 5) is 9.98. The van der Waals surface area contributed by atoms with Crippen LogP contribution in [0.25, 0.3) is 0 Å². The molecule has 1 aromatic heterocycles. The monoisotopic (exact) mass is 398 g/mol. The molecule has 1 aliphatic heterocycles. The first-order chi connectivity index (χ1) is 13.3. The van der Waals surface area contributed by atoms with Gasteiger partial charge < -0.3 is 10.2 Å². The summed E-state index contributed by atoms with van der Waals surface area (Å²) in [5.41, 5.74) is -0.139. The molecule has 1 aliphatic rings. The molecule has 4 nitrogen and oxygen atoms in total. The fraction of sp³-hybridized carbons (Fsp3) is 0.500. The minimum absolute atomic E-state index is 0.143. The second-order valence-corrected chi connectivity index (χ2v) is 6.57. The van der Waals surface area contributed by atoms with Crippen molar-refractivity contribution in [3.8, 4) is 0 Å². The molecule has 154 valence electrons. The first kappa shape index (κ1) is 22.1. The van der Waals surface area contributed by atoms with Gasteiger partial charge in [0.05, 0.1) is 11.9 Å². The van der Waals surface area contributed by atoms with E-state index >= 15 is 0 Å².